The number of hydrogen-bond acceptors (Lipinski definition) is 4. The molecule has 15 aromatic rings. The van der Waals surface area contributed by atoms with Crippen molar-refractivity contribution in [1.29, 1.82) is 0 Å². The van der Waals surface area contributed by atoms with Gasteiger partial charge >= 0.3 is 0 Å². The molecular weight excluding hydrogens is 915 g/mol. The molecule has 0 radical (unpaired) electrons. The van der Waals surface area contributed by atoms with E-state index in [9.17, 15) is 0 Å². The highest BCUT2D eigenvalue weighted by Gasteiger charge is 2.25. The summed E-state index contributed by atoms with van der Waals surface area (Å²) < 4.78 is 11.5. The Morgan fingerprint density at radius 3 is 1.48 bits per heavy atom. The van der Waals surface area contributed by atoms with Crippen molar-refractivity contribution in [2.45, 2.75) is 0 Å². The first-order valence-electron chi connectivity index (χ1n) is 25.3. The topological polar surface area (TPSA) is 61.7 Å². The zero-order chi connectivity index (χ0) is 49.4. The Labute approximate surface area is 431 Å². The van der Waals surface area contributed by atoms with E-state index in [1.807, 2.05) is 42.5 Å². The van der Waals surface area contributed by atoms with Gasteiger partial charge < -0.3 is 13.6 Å². The monoisotopic (exact) mass is 957 g/mol. The van der Waals surface area contributed by atoms with Crippen molar-refractivity contribution >= 4 is 65.6 Å². The van der Waals surface area contributed by atoms with E-state index in [1.54, 1.807) is 0 Å². The predicted molar refractivity (Wildman–Crippen MR) is 308 cm³/mol. The molecule has 0 unspecified atom stereocenters. The molecule has 0 N–H and O–H groups in total. The number of benzene rings is 11. The summed E-state index contributed by atoms with van der Waals surface area (Å²) in [7, 11) is 0. The van der Waals surface area contributed by atoms with Crippen LogP contribution >= 0.6 is 0 Å². The van der Waals surface area contributed by atoms with Crippen molar-refractivity contribution in [2.24, 2.45) is 0 Å². The van der Waals surface area contributed by atoms with Gasteiger partial charge in [0, 0.05) is 49.1 Å². The molecule has 0 aliphatic rings. The van der Waals surface area contributed by atoms with E-state index < -0.39 is 0 Å². The van der Waals surface area contributed by atoms with Gasteiger partial charge in [0.25, 0.3) is 0 Å². The second-order valence-corrected chi connectivity index (χ2v) is 19.1. The van der Waals surface area contributed by atoms with E-state index in [1.165, 1.54) is 27.5 Å². The zero-order valence-electron chi connectivity index (χ0n) is 40.5. The van der Waals surface area contributed by atoms with Gasteiger partial charge in [-0.15, -0.1) is 0 Å². The van der Waals surface area contributed by atoms with Crippen LogP contribution in [0.4, 0.5) is 0 Å². The molecule has 15 rings (SSSR count). The van der Waals surface area contributed by atoms with Crippen LogP contribution in [-0.4, -0.2) is 24.1 Å². The van der Waals surface area contributed by atoms with Gasteiger partial charge in [-0.3, -0.25) is 0 Å². The molecule has 0 atom stereocenters. The van der Waals surface area contributed by atoms with Gasteiger partial charge in [-0.1, -0.05) is 200 Å². The molecule has 11 aromatic carbocycles. The zero-order valence-corrected chi connectivity index (χ0v) is 40.5. The molecule has 0 aliphatic carbocycles. The molecule has 75 heavy (non-hydrogen) atoms. The summed E-state index contributed by atoms with van der Waals surface area (Å²) in [5.74, 6) is 1.66. The van der Waals surface area contributed by atoms with Crippen LogP contribution in [0, 0.1) is 0 Å². The van der Waals surface area contributed by atoms with Gasteiger partial charge in [-0.2, -0.15) is 0 Å². The normalized spacial score (nSPS) is 11.7. The fourth-order valence-electron chi connectivity index (χ4n) is 11.4. The van der Waals surface area contributed by atoms with E-state index in [4.69, 9.17) is 19.4 Å². The number of fused-ring (bicyclic) bond motifs is 9. The van der Waals surface area contributed by atoms with E-state index >= 15 is 0 Å². The van der Waals surface area contributed by atoms with Crippen molar-refractivity contribution in [1.82, 2.24) is 24.1 Å². The minimum atomic E-state index is 0.532. The van der Waals surface area contributed by atoms with E-state index in [0.717, 1.165) is 99.5 Å². The number of aromatic nitrogens is 5. The maximum absolute atomic E-state index is 6.61. The number of furan rings is 1. The lowest BCUT2D eigenvalue weighted by Gasteiger charge is -2.17. The van der Waals surface area contributed by atoms with Crippen LogP contribution < -0.4 is 0 Å². The summed E-state index contributed by atoms with van der Waals surface area (Å²) in [5.41, 5.74) is 17.5. The highest BCUT2D eigenvalue weighted by atomic mass is 16.3. The van der Waals surface area contributed by atoms with Crippen LogP contribution in [-0.2, 0) is 0 Å². The molecule has 4 heterocycles. The number of para-hydroxylation sites is 4. The summed E-state index contributed by atoms with van der Waals surface area (Å²) in [6.45, 7) is 0. The van der Waals surface area contributed by atoms with E-state index in [-0.39, 0.29) is 0 Å². The first kappa shape index (κ1) is 42.5. The second-order valence-electron chi connectivity index (χ2n) is 19.1. The molecule has 0 bridgehead atoms. The van der Waals surface area contributed by atoms with Crippen molar-refractivity contribution < 1.29 is 4.42 Å². The first-order valence-corrected chi connectivity index (χ1v) is 25.3. The Bertz CT molecular complexity index is 4690. The van der Waals surface area contributed by atoms with Gasteiger partial charge in [-0.05, 0) is 94.0 Å². The summed E-state index contributed by atoms with van der Waals surface area (Å²) in [4.78, 5) is 16.0. The minimum absolute atomic E-state index is 0.532. The molecule has 4 aromatic heterocycles. The van der Waals surface area contributed by atoms with Gasteiger partial charge in [0.1, 0.15) is 11.2 Å². The molecule has 0 aliphatic heterocycles. The molecule has 350 valence electrons. The minimum Gasteiger partial charge on any atom is -0.455 e. The highest BCUT2D eigenvalue weighted by molar-refractivity contribution is 6.22. The number of nitrogens with zero attached hydrogens (tertiary/aromatic N) is 5. The van der Waals surface area contributed by atoms with E-state index in [2.05, 4.69) is 228 Å². The van der Waals surface area contributed by atoms with Crippen molar-refractivity contribution in [3.05, 3.63) is 261 Å². The molecule has 0 fully saturated rings. The third kappa shape index (κ3) is 6.92. The molecule has 0 amide bonds. The van der Waals surface area contributed by atoms with Crippen molar-refractivity contribution in [3.63, 3.8) is 0 Å². The Hall–Kier alpha value is -10.2. The lowest BCUT2D eigenvalue weighted by molar-refractivity contribution is 0.669. The molecule has 0 spiro atoms. The van der Waals surface area contributed by atoms with Crippen LogP contribution in [0.2, 0.25) is 0 Å². The molecule has 6 heteroatoms. The standard InChI is InChI=1S/C69H43N5O/c1-5-20-44(21-6-1)47-38-40-55-61(42-47)73(49-26-11-4-12-27-49)59-35-18-30-52(65(55)59)51-31-19-36-60-64(51)54-29-13-15-34-58(54)74(60)62-43-48(45-22-7-2-8-23-45)39-41-56(62)68-70-67(46-24-9-3-10-25-46)71-69(72-68)57-33-17-32-53-50-28-14-16-37-63(50)75-66(53)57/h1-43H. The fourth-order valence-corrected chi connectivity index (χ4v) is 11.4. The van der Waals surface area contributed by atoms with Crippen molar-refractivity contribution in [2.75, 3.05) is 0 Å². The maximum Gasteiger partial charge on any atom is 0.167 e. The third-order valence-electron chi connectivity index (χ3n) is 14.8. The average Bonchev–Trinajstić information content (AvgIpc) is 4.21. The van der Waals surface area contributed by atoms with Gasteiger partial charge in [0.05, 0.1) is 33.3 Å². The van der Waals surface area contributed by atoms with Crippen LogP contribution in [0.25, 0.3) is 144 Å². The van der Waals surface area contributed by atoms with Crippen LogP contribution in [0.15, 0.2) is 265 Å². The average molecular weight is 958 g/mol. The predicted octanol–water partition coefficient (Wildman–Crippen LogP) is 18.0. The molecule has 0 saturated carbocycles. The van der Waals surface area contributed by atoms with Crippen molar-refractivity contribution in [3.8, 4) is 78.9 Å². The SMILES string of the molecule is c1ccc(-c2ccc(-c3nc(-c4ccccc4)nc(-c4cccc5c4oc4ccccc45)n3)c(-n3c4ccccc4c4c(-c5cccc6c5c5ccc(-c7ccccc7)cc5n6-c5ccccc5)cccc43)c2)cc1. The smallest absolute Gasteiger partial charge is 0.167 e. The summed E-state index contributed by atoms with van der Waals surface area (Å²) >= 11 is 0. The Kier molecular flexibility index (Phi) is 9.78. The van der Waals surface area contributed by atoms with Gasteiger partial charge in [0.2, 0.25) is 0 Å². The largest absolute Gasteiger partial charge is 0.455 e. The maximum atomic E-state index is 6.61. The number of hydrogen-bond donors (Lipinski definition) is 0. The summed E-state index contributed by atoms with van der Waals surface area (Å²) in [6, 6.07) is 92.4. The second kappa shape index (κ2) is 17.3. The van der Waals surface area contributed by atoms with Gasteiger partial charge in [-0.25, -0.2) is 15.0 Å². The van der Waals surface area contributed by atoms with E-state index in [0.29, 0.717) is 17.5 Å². The third-order valence-corrected chi connectivity index (χ3v) is 14.8. The first-order chi connectivity index (χ1) is 37.2. The van der Waals surface area contributed by atoms with Crippen LogP contribution in [0.3, 0.4) is 0 Å². The molecule has 0 saturated heterocycles. The lowest BCUT2D eigenvalue weighted by Crippen LogP contribution is -2.04. The van der Waals surface area contributed by atoms with Crippen LogP contribution in [0.1, 0.15) is 0 Å². The quantitative estimate of drug-likeness (QED) is 0.152. The molecule has 6 nitrogen and oxygen atoms in total. The Morgan fingerprint density at radius 2 is 0.773 bits per heavy atom. The Balaban J connectivity index is 1.00. The van der Waals surface area contributed by atoms with Gasteiger partial charge in [0.15, 0.2) is 17.5 Å². The highest BCUT2D eigenvalue weighted by Crippen LogP contribution is 2.46. The Morgan fingerprint density at radius 1 is 0.280 bits per heavy atom. The summed E-state index contributed by atoms with van der Waals surface area (Å²) in [6.07, 6.45) is 0. The number of rotatable bonds is 8. The van der Waals surface area contributed by atoms with Crippen LogP contribution in [0.5, 0.6) is 0 Å². The summed E-state index contributed by atoms with van der Waals surface area (Å²) in [5, 5.41) is 6.77. The lowest BCUT2D eigenvalue weighted by atomic mass is 9.95. The molecular formula is C69H43N5O. The fraction of sp³-hybridized carbons (Fsp3) is 0.